The monoisotopic (exact) mass is 255 g/mol. The van der Waals surface area contributed by atoms with E-state index in [2.05, 4.69) is 4.98 Å². The van der Waals surface area contributed by atoms with Gasteiger partial charge in [0.2, 0.25) is 0 Å². The van der Waals surface area contributed by atoms with Crippen molar-refractivity contribution in [1.29, 1.82) is 0 Å². The molecule has 1 saturated heterocycles. The Labute approximate surface area is 104 Å². The number of aliphatic hydroxyl groups is 1. The van der Waals surface area contributed by atoms with Gasteiger partial charge in [-0.1, -0.05) is 0 Å². The Morgan fingerprint density at radius 3 is 3.24 bits per heavy atom. The number of amides is 1. The molecule has 1 fully saturated rings. The van der Waals surface area contributed by atoms with E-state index in [-0.39, 0.29) is 5.91 Å². The van der Waals surface area contributed by atoms with Crippen molar-refractivity contribution in [3.63, 3.8) is 0 Å². The number of thiazole rings is 1. The number of likely N-dealkylation sites (tertiary alicyclic amines) is 1. The van der Waals surface area contributed by atoms with E-state index in [0.29, 0.717) is 31.7 Å². The van der Waals surface area contributed by atoms with Crippen LogP contribution in [-0.2, 0) is 6.42 Å². The van der Waals surface area contributed by atoms with E-state index in [0.717, 1.165) is 17.8 Å². The van der Waals surface area contributed by atoms with Crippen LogP contribution < -0.4 is 5.73 Å². The Balaban J connectivity index is 2.02. The smallest absolute Gasteiger partial charge is 0.273 e. The minimum Gasteiger partial charge on any atom is -0.391 e. The van der Waals surface area contributed by atoms with Gasteiger partial charge in [-0.05, 0) is 19.4 Å². The molecule has 1 aromatic heterocycles. The Morgan fingerprint density at radius 1 is 1.71 bits per heavy atom. The molecule has 94 valence electrons. The molecule has 2 heterocycles. The van der Waals surface area contributed by atoms with Crippen LogP contribution in [0.15, 0.2) is 5.38 Å². The third-order valence-electron chi connectivity index (χ3n) is 2.81. The van der Waals surface area contributed by atoms with E-state index in [1.54, 1.807) is 10.3 Å². The number of hydrogen-bond acceptors (Lipinski definition) is 5. The Bertz CT molecular complexity index is 394. The molecule has 5 nitrogen and oxygen atoms in total. The molecule has 1 amide bonds. The third-order valence-corrected chi connectivity index (χ3v) is 3.72. The van der Waals surface area contributed by atoms with Crippen molar-refractivity contribution in [2.24, 2.45) is 5.73 Å². The lowest BCUT2D eigenvalue weighted by Gasteiger charge is -2.29. The van der Waals surface area contributed by atoms with Crippen LogP contribution in [0.5, 0.6) is 0 Å². The van der Waals surface area contributed by atoms with Crippen LogP contribution in [0.4, 0.5) is 0 Å². The number of aliphatic hydroxyl groups excluding tert-OH is 1. The quantitative estimate of drug-likeness (QED) is 0.811. The maximum Gasteiger partial charge on any atom is 0.273 e. The second-order valence-electron chi connectivity index (χ2n) is 4.21. The zero-order valence-electron chi connectivity index (χ0n) is 9.63. The van der Waals surface area contributed by atoms with Crippen molar-refractivity contribution in [2.45, 2.75) is 25.4 Å². The van der Waals surface area contributed by atoms with Gasteiger partial charge in [-0.3, -0.25) is 4.79 Å². The summed E-state index contributed by atoms with van der Waals surface area (Å²) in [6.45, 7) is 1.67. The molecule has 0 radical (unpaired) electrons. The van der Waals surface area contributed by atoms with Gasteiger partial charge >= 0.3 is 0 Å². The molecule has 0 bridgehead atoms. The van der Waals surface area contributed by atoms with Crippen molar-refractivity contribution in [3.05, 3.63) is 16.1 Å². The number of β-amino-alcohol motifs (C(OH)–C–C–N with tert-alkyl or cyclic N) is 1. The number of aromatic nitrogens is 1. The highest BCUT2D eigenvalue weighted by Crippen LogP contribution is 2.16. The van der Waals surface area contributed by atoms with E-state index in [4.69, 9.17) is 5.73 Å². The van der Waals surface area contributed by atoms with Gasteiger partial charge in [-0.25, -0.2) is 4.98 Å². The first-order valence-electron chi connectivity index (χ1n) is 5.82. The summed E-state index contributed by atoms with van der Waals surface area (Å²) in [6.07, 6.45) is 1.95. The van der Waals surface area contributed by atoms with Crippen LogP contribution >= 0.6 is 11.3 Å². The number of carbonyl (C=O) groups is 1. The normalized spacial score (nSPS) is 20.6. The number of hydrogen-bond donors (Lipinski definition) is 2. The van der Waals surface area contributed by atoms with Gasteiger partial charge in [0, 0.05) is 24.9 Å². The topological polar surface area (TPSA) is 79.5 Å². The van der Waals surface area contributed by atoms with E-state index in [1.807, 2.05) is 0 Å². The molecule has 0 unspecified atom stereocenters. The van der Waals surface area contributed by atoms with Crippen LogP contribution in [-0.4, -0.2) is 46.6 Å². The highest BCUT2D eigenvalue weighted by atomic mass is 32.1. The van der Waals surface area contributed by atoms with Crippen molar-refractivity contribution in [1.82, 2.24) is 9.88 Å². The molecule has 0 aliphatic carbocycles. The zero-order valence-corrected chi connectivity index (χ0v) is 10.4. The first-order chi connectivity index (χ1) is 8.20. The standard InChI is InChI=1S/C11H17N3O2S/c12-4-3-10-13-9(7-17-10)11(16)14-5-1-2-8(15)6-14/h7-8,15H,1-6,12H2/t8-/m0/s1. The minimum atomic E-state index is -0.394. The summed E-state index contributed by atoms with van der Waals surface area (Å²) in [5.41, 5.74) is 5.92. The fraction of sp³-hybridized carbons (Fsp3) is 0.636. The number of nitrogens with zero attached hydrogens (tertiary/aromatic N) is 2. The van der Waals surface area contributed by atoms with E-state index < -0.39 is 6.10 Å². The summed E-state index contributed by atoms with van der Waals surface area (Å²) >= 11 is 1.47. The maximum atomic E-state index is 12.1. The first-order valence-corrected chi connectivity index (χ1v) is 6.70. The van der Waals surface area contributed by atoms with Gasteiger partial charge in [0.25, 0.3) is 5.91 Å². The van der Waals surface area contributed by atoms with Crippen molar-refractivity contribution in [2.75, 3.05) is 19.6 Å². The predicted molar refractivity (Wildman–Crippen MR) is 66.0 cm³/mol. The van der Waals surface area contributed by atoms with Crippen LogP contribution in [0, 0.1) is 0 Å². The van der Waals surface area contributed by atoms with Crippen LogP contribution in [0.3, 0.4) is 0 Å². The SMILES string of the molecule is NCCc1nc(C(=O)N2CCC[C@H](O)C2)cs1. The molecule has 3 N–H and O–H groups in total. The van der Waals surface area contributed by atoms with E-state index in [1.165, 1.54) is 11.3 Å². The summed E-state index contributed by atoms with van der Waals surface area (Å²) < 4.78 is 0. The van der Waals surface area contributed by atoms with E-state index in [9.17, 15) is 9.90 Å². The molecule has 1 aliphatic heterocycles. The summed E-state index contributed by atoms with van der Waals surface area (Å²) in [5, 5.41) is 12.2. The Hall–Kier alpha value is -0.980. The Morgan fingerprint density at radius 2 is 2.53 bits per heavy atom. The molecule has 1 atom stereocenters. The lowest BCUT2D eigenvalue weighted by Crippen LogP contribution is -2.42. The second-order valence-corrected chi connectivity index (χ2v) is 5.16. The molecular formula is C11H17N3O2S. The summed E-state index contributed by atoms with van der Waals surface area (Å²) in [7, 11) is 0. The lowest BCUT2D eigenvalue weighted by molar-refractivity contribution is 0.0469. The molecular weight excluding hydrogens is 238 g/mol. The molecule has 2 rings (SSSR count). The minimum absolute atomic E-state index is 0.0803. The van der Waals surface area contributed by atoms with Gasteiger partial charge in [-0.2, -0.15) is 0 Å². The number of carbonyl (C=O) groups excluding carboxylic acids is 1. The van der Waals surface area contributed by atoms with Gasteiger partial charge < -0.3 is 15.7 Å². The third kappa shape index (κ3) is 3.02. The summed E-state index contributed by atoms with van der Waals surface area (Å²) in [4.78, 5) is 18.0. The van der Waals surface area contributed by atoms with Crippen LogP contribution in [0.2, 0.25) is 0 Å². The molecule has 17 heavy (non-hydrogen) atoms. The second kappa shape index (κ2) is 5.57. The van der Waals surface area contributed by atoms with Crippen molar-refractivity contribution >= 4 is 17.2 Å². The van der Waals surface area contributed by atoms with E-state index >= 15 is 0 Å². The first kappa shape index (κ1) is 12.5. The van der Waals surface area contributed by atoms with Crippen LogP contribution in [0.1, 0.15) is 28.3 Å². The molecule has 6 heteroatoms. The fourth-order valence-electron chi connectivity index (χ4n) is 1.95. The maximum absolute atomic E-state index is 12.1. The highest BCUT2D eigenvalue weighted by molar-refractivity contribution is 7.09. The predicted octanol–water partition coefficient (Wildman–Crippen LogP) is 0.241. The van der Waals surface area contributed by atoms with Gasteiger partial charge in [0.1, 0.15) is 5.69 Å². The van der Waals surface area contributed by atoms with Crippen LogP contribution in [0.25, 0.3) is 0 Å². The van der Waals surface area contributed by atoms with Crippen molar-refractivity contribution < 1.29 is 9.90 Å². The fourth-order valence-corrected chi connectivity index (χ4v) is 2.74. The molecule has 0 spiro atoms. The zero-order chi connectivity index (χ0) is 12.3. The van der Waals surface area contributed by atoms with Gasteiger partial charge in [0.05, 0.1) is 11.1 Å². The number of piperidine rings is 1. The molecule has 0 aromatic carbocycles. The molecule has 1 aromatic rings. The Kier molecular flexibility index (Phi) is 4.09. The highest BCUT2D eigenvalue weighted by Gasteiger charge is 2.24. The van der Waals surface area contributed by atoms with Gasteiger partial charge in [-0.15, -0.1) is 11.3 Å². The lowest BCUT2D eigenvalue weighted by atomic mass is 10.1. The number of rotatable bonds is 3. The summed E-state index contributed by atoms with van der Waals surface area (Å²) in [5.74, 6) is -0.0803. The molecule has 1 aliphatic rings. The van der Waals surface area contributed by atoms with Crippen molar-refractivity contribution in [3.8, 4) is 0 Å². The average Bonchev–Trinajstić information content (AvgIpc) is 2.77. The van der Waals surface area contributed by atoms with Gasteiger partial charge in [0.15, 0.2) is 0 Å². The molecule has 0 saturated carbocycles. The number of nitrogens with two attached hydrogens (primary N) is 1. The summed E-state index contributed by atoms with van der Waals surface area (Å²) in [6, 6.07) is 0. The largest absolute Gasteiger partial charge is 0.391 e. The average molecular weight is 255 g/mol.